The summed E-state index contributed by atoms with van der Waals surface area (Å²) in [5, 5.41) is 4.81. The Morgan fingerprint density at radius 3 is 2.65 bits per heavy atom. The summed E-state index contributed by atoms with van der Waals surface area (Å²) in [7, 11) is 0. The third-order valence-electron chi connectivity index (χ3n) is 2.58. The topological polar surface area (TPSA) is 34.9 Å². The van der Waals surface area contributed by atoms with Crippen LogP contribution in [-0.4, -0.2) is 16.1 Å². The van der Waals surface area contributed by atoms with Crippen LogP contribution in [0.5, 0.6) is 0 Å². The Morgan fingerprint density at radius 2 is 2.12 bits per heavy atom. The maximum absolute atomic E-state index is 11.1. The van der Waals surface area contributed by atoms with Crippen LogP contribution in [0.3, 0.4) is 0 Å². The SMILES string of the molecule is Cc1nn(-c2cccc(Cl)c2C=O)c(C)c1Br. The van der Waals surface area contributed by atoms with E-state index in [2.05, 4.69) is 21.0 Å². The van der Waals surface area contributed by atoms with E-state index in [4.69, 9.17) is 11.6 Å². The lowest BCUT2D eigenvalue weighted by Gasteiger charge is -2.08. The van der Waals surface area contributed by atoms with Gasteiger partial charge in [-0.1, -0.05) is 17.7 Å². The van der Waals surface area contributed by atoms with Gasteiger partial charge < -0.3 is 0 Å². The molecule has 5 heteroatoms. The van der Waals surface area contributed by atoms with E-state index < -0.39 is 0 Å². The summed E-state index contributed by atoms with van der Waals surface area (Å²) in [6, 6.07) is 5.31. The lowest BCUT2D eigenvalue weighted by Crippen LogP contribution is -2.03. The van der Waals surface area contributed by atoms with Crippen molar-refractivity contribution in [1.29, 1.82) is 0 Å². The van der Waals surface area contributed by atoms with Crippen molar-refractivity contribution in [3.05, 3.63) is 44.6 Å². The Morgan fingerprint density at radius 1 is 1.41 bits per heavy atom. The molecule has 0 aliphatic heterocycles. The van der Waals surface area contributed by atoms with E-state index in [1.54, 1.807) is 16.8 Å². The lowest BCUT2D eigenvalue weighted by molar-refractivity contribution is 0.112. The van der Waals surface area contributed by atoms with Gasteiger partial charge in [-0.05, 0) is 41.9 Å². The van der Waals surface area contributed by atoms with Crippen LogP contribution < -0.4 is 0 Å². The van der Waals surface area contributed by atoms with Gasteiger partial charge in [-0.2, -0.15) is 5.10 Å². The van der Waals surface area contributed by atoms with E-state index in [-0.39, 0.29) is 0 Å². The van der Waals surface area contributed by atoms with E-state index in [1.807, 2.05) is 19.9 Å². The molecule has 0 bridgehead atoms. The maximum Gasteiger partial charge on any atom is 0.153 e. The van der Waals surface area contributed by atoms with Crippen molar-refractivity contribution in [2.24, 2.45) is 0 Å². The highest BCUT2D eigenvalue weighted by Gasteiger charge is 2.14. The maximum atomic E-state index is 11.1. The van der Waals surface area contributed by atoms with E-state index >= 15 is 0 Å². The largest absolute Gasteiger partial charge is 0.298 e. The monoisotopic (exact) mass is 312 g/mol. The van der Waals surface area contributed by atoms with Crippen molar-refractivity contribution in [1.82, 2.24) is 9.78 Å². The van der Waals surface area contributed by atoms with E-state index in [1.165, 1.54) is 0 Å². The molecule has 0 radical (unpaired) electrons. The van der Waals surface area contributed by atoms with Gasteiger partial charge in [-0.3, -0.25) is 4.79 Å². The Bertz CT molecular complexity index is 592. The highest BCUT2D eigenvalue weighted by molar-refractivity contribution is 9.10. The number of hydrogen-bond donors (Lipinski definition) is 0. The van der Waals surface area contributed by atoms with Crippen molar-refractivity contribution in [3.63, 3.8) is 0 Å². The lowest BCUT2D eigenvalue weighted by atomic mass is 10.2. The number of rotatable bonds is 2. The molecule has 1 aromatic carbocycles. The fourth-order valence-corrected chi connectivity index (χ4v) is 2.15. The first-order valence-corrected chi connectivity index (χ1v) is 6.19. The van der Waals surface area contributed by atoms with Crippen molar-refractivity contribution in [3.8, 4) is 5.69 Å². The fourth-order valence-electron chi connectivity index (χ4n) is 1.69. The van der Waals surface area contributed by atoms with Crippen molar-refractivity contribution in [2.75, 3.05) is 0 Å². The summed E-state index contributed by atoms with van der Waals surface area (Å²) in [5.41, 5.74) is 2.96. The smallest absolute Gasteiger partial charge is 0.153 e. The molecule has 0 aliphatic carbocycles. The number of nitrogens with zero attached hydrogens (tertiary/aromatic N) is 2. The second-order valence-corrected chi connectivity index (χ2v) is 4.89. The molecule has 1 heterocycles. The summed E-state index contributed by atoms with van der Waals surface area (Å²) < 4.78 is 2.66. The van der Waals surface area contributed by atoms with Gasteiger partial charge in [-0.15, -0.1) is 0 Å². The van der Waals surface area contributed by atoms with Crippen LogP contribution in [0.2, 0.25) is 5.02 Å². The molecule has 2 rings (SSSR count). The second-order valence-electron chi connectivity index (χ2n) is 3.69. The average Bonchev–Trinajstić information content (AvgIpc) is 2.56. The fraction of sp³-hybridized carbons (Fsp3) is 0.167. The highest BCUT2D eigenvalue weighted by atomic mass is 79.9. The molecule has 0 amide bonds. The number of carbonyl (C=O) groups is 1. The molecule has 0 unspecified atom stereocenters. The minimum atomic E-state index is 0.432. The van der Waals surface area contributed by atoms with Gasteiger partial charge in [0.1, 0.15) is 0 Å². The van der Waals surface area contributed by atoms with Gasteiger partial charge in [-0.25, -0.2) is 4.68 Å². The van der Waals surface area contributed by atoms with Crippen LogP contribution in [0.15, 0.2) is 22.7 Å². The van der Waals surface area contributed by atoms with Gasteiger partial charge in [0.05, 0.1) is 32.1 Å². The first kappa shape index (κ1) is 12.3. The minimum Gasteiger partial charge on any atom is -0.298 e. The molecule has 0 spiro atoms. The van der Waals surface area contributed by atoms with Crippen LogP contribution in [0.25, 0.3) is 5.69 Å². The quantitative estimate of drug-likeness (QED) is 0.792. The number of aromatic nitrogens is 2. The molecule has 0 N–H and O–H groups in total. The normalized spacial score (nSPS) is 10.6. The average molecular weight is 314 g/mol. The van der Waals surface area contributed by atoms with Crippen molar-refractivity contribution >= 4 is 33.8 Å². The van der Waals surface area contributed by atoms with E-state index in [0.29, 0.717) is 16.3 Å². The van der Waals surface area contributed by atoms with Gasteiger partial charge in [0.15, 0.2) is 6.29 Å². The van der Waals surface area contributed by atoms with Gasteiger partial charge in [0.2, 0.25) is 0 Å². The zero-order valence-corrected chi connectivity index (χ0v) is 11.7. The first-order valence-electron chi connectivity index (χ1n) is 5.02. The van der Waals surface area contributed by atoms with Gasteiger partial charge in [0.25, 0.3) is 0 Å². The summed E-state index contributed by atoms with van der Waals surface area (Å²) >= 11 is 9.45. The number of hydrogen-bond acceptors (Lipinski definition) is 2. The Balaban J connectivity index is 2.72. The number of halogens is 2. The Labute approximate surface area is 113 Å². The summed E-state index contributed by atoms with van der Waals surface area (Å²) in [6.07, 6.45) is 0.752. The van der Waals surface area contributed by atoms with Crippen LogP contribution in [0.1, 0.15) is 21.7 Å². The molecule has 0 atom stereocenters. The highest BCUT2D eigenvalue weighted by Crippen LogP contribution is 2.26. The van der Waals surface area contributed by atoms with E-state index in [9.17, 15) is 4.79 Å². The Kier molecular flexibility index (Phi) is 3.35. The summed E-state index contributed by atoms with van der Waals surface area (Å²) in [5.74, 6) is 0. The van der Waals surface area contributed by atoms with Crippen LogP contribution in [0.4, 0.5) is 0 Å². The van der Waals surface area contributed by atoms with Gasteiger partial charge in [0, 0.05) is 0 Å². The summed E-state index contributed by atoms with van der Waals surface area (Å²) in [6.45, 7) is 3.83. The standard InChI is InChI=1S/C12H10BrClN2O/c1-7-12(13)8(2)16(15-7)11-5-3-4-10(14)9(11)6-17/h3-6H,1-2H3. The molecule has 3 nitrogen and oxygen atoms in total. The van der Waals surface area contributed by atoms with Gasteiger partial charge >= 0.3 is 0 Å². The molecule has 0 saturated heterocycles. The molecule has 1 aromatic heterocycles. The minimum absolute atomic E-state index is 0.432. The second kappa shape index (κ2) is 4.63. The van der Waals surface area contributed by atoms with E-state index in [0.717, 1.165) is 22.1 Å². The predicted octanol–water partition coefficient (Wildman–Crippen LogP) is 3.72. The van der Waals surface area contributed by atoms with Crippen molar-refractivity contribution < 1.29 is 4.79 Å². The molecule has 0 aliphatic rings. The zero-order chi connectivity index (χ0) is 12.6. The molecular weight excluding hydrogens is 304 g/mol. The molecule has 88 valence electrons. The van der Waals surface area contributed by atoms with Crippen LogP contribution in [0, 0.1) is 13.8 Å². The Hall–Kier alpha value is -1.13. The number of carbonyl (C=O) groups excluding carboxylic acids is 1. The summed E-state index contributed by atoms with van der Waals surface area (Å²) in [4.78, 5) is 11.1. The molecule has 0 fully saturated rings. The molecule has 2 aromatic rings. The number of aryl methyl sites for hydroxylation is 1. The zero-order valence-electron chi connectivity index (χ0n) is 9.37. The number of aldehydes is 1. The number of benzene rings is 1. The molecule has 17 heavy (non-hydrogen) atoms. The third-order valence-corrected chi connectivity index (χ3v) is 4.06. The molecular formula is C12H10BrClN2O. The third kappa shape index (κ3) is 2.03. The predicted molar refractivity (Wildman–Crippen MR) is 71.1 cm³/mol. The first-order chi connectivity index (χ1) is 8.06. The van der Waals surface area contributed by atoms with Crippen LogP contribution >= 0.6 is 27.5 Å². The van der Waals surface area contributed by atoms with Crippen LogP contribution in [-0.2, 0) is 0 Å². The van der Waals surface area contributed by atoms with Crippen molar-refractivity contribution in [2.45, 2.75) is 13.8 Å². The molecule has 0 saturated carbocycles.